The van der Waals surface area contributed by atoms with Crippen LogP contribution in [0.3, 0.4) is 0 Å². The Balaban J connectivity index is -0.00000000752. The van der Waals surface area contributed by atoms with Gasteiger partial charge in [-0.05, 0) is 56.4 Å². The van der Waals surface area contributed by atoms with Crippen LogP contribution in [0.25, 0.3) is 0 Å². The molecule has 0 saturated heterocycles. The second kappa shape index (κ2) is 209. The lowest BCUT2D eigenvalue weighted by Gasteiger charge is -1.90. The van der Waals surface area contributed by atoms with Crippen LogP contribution in [-0.2, 0) is 4.79 Å². The molecule has 0 heterocycles. The van der Waals surface area contributed by atoms with Crippen LogP contribution in [0.4, 0.5) is 0 Å². The lowest BCUT2D eigenvalue weighted by Crippen LogP contribution is -1.99. The predicted octanol–water partition coefficient (Wildman–Crippen LogP) is 6.66. The van der Waals surface area contributed by atoms with E-state index in [4.69, 9.17) is 4.79 Å². The van der Waals surface area contributed by atoms with Gasteiger partial charge in [-0.2, -0.15) is 0 Å². The molecule has 0 rings (SSSR count). The molecule has 5 heteroatoms. The first kappa shape index (κ1) is 94.2. The summed E-state index contributed by atoms with van der Waals surface area (Å²) in [7, 11) is 15.8. The molecule has 181 valence electrons. The van der Waals surface area contributed by atoms with Crippen molar-refractivity contribution in [1.82, 2.24) is 15.1 Å². The van der Waals surface area contributed by atoms with Crippen LogP contribution in [0.5, 0.6) is 0 Å². The Kier molecular flexibility index (Phi) is 730. The molecule has 0 fully saturated rings. The van der Waals surface area contributed by atoms with Gasteiger partial charge in [-0.25, -0.2) is 0 Å². The second-order valence-corrected chi connectivity index (χ2v) is 4.60. The highest BCUT2D eigenvalue weighted by atomic mass is 16.1. The van der Waals surface area contributed by atoms with Crippen LogP contribution in [0, 0.1) is 0 Å². The van der Waals surface area contributed by atoms with Crippen LogP contribution >= 0.6 is 0 Å². The summed E-state index contributed by atoms with van der Waals surface area (Å²) < 4.78 is 0. The van der Waals surface area contributed by atoms with E-state index in [1.807, 2.05) is 86.8 Å². The first-order valence-electron chi connectivity index (χ1n) is 7.80. The molecule has 4 nitrogen and oxygen atoms in total. The molecule has 1 N–H and O–H groups in total. The summed E-state index contributed by atoms with van der Waals surface area (Å²) in [5.41, 5.74) is 0. The van der Waals surface area contributed by atoms with Gasteiger partial charge < -0.3 is 19.9 Å². The van der Waals surface area contributed by atoms with Gasteiger partial charge in [0.25, 0.3) is 0 Å². The molecule has 0 saturated carbocycles. The van der Waals surface area contributed by atoms with E-state index in [-0.39, 0.29) is 45.5 Å². The normalized spacial score (nSPS) is 5.04. The van der Waals surface area contributed by atoms with E-state index in [0.29, 0.717) is 0 Å². The molecule has 0 aromatic rings. The van der Waals surface area contributed by atoms with Crippen molar-refractivity contribution < 1.29 is 4.79 Å². The van der Waals surface area contributed by atoms with Crippen molar-refractivity contribution in [2.75, 3.05) is 56.4 Å². The van der Waals surface area contributed by atoms with Crippen molar-refractivity contribution in [2.24, 2.45) is 0 Å². The first-order chi connectivity index (χ1) is 9.71. The smallest absolute Gasteiger partial charge is 0.106 e. The molecular formula is C22H69BN3O. The van der Waals surface area contributed by atoms with Gasteiger partial charge in [-0.1, -0.05) is 91.5 Å². The number of nitrogens with one attached hydrogen (secondary N) is 1. The van der Waals surface area contributed by atoms with E-state index in [1.54, 1.807) is 0 Å². The van der Waals surface area contributed by atoms with Gasteiger partial charge >= 0.3 is 0 Å². The van der Waals surface area contributed by atoms with Gasteiger partial charge in [-0.3, -0.25) is 0 Å². The molecule has 0 aromatic heterocycles. The Hall–Kier alpha value is -0.385. The zero-order valence-corrected chi connectivity index (χ0v) is 18.5. The lowest BCUT2D eigenvalue weighted by molar-refractivity contribution is -0.0979. The van der Waals surface area contributed by atoms with E-state index in [2.05, 4.69) is 33.0 Å². The molecule has 0 aliphatic heterocycles. The van der Waals surface area contributed by atoms with E-state index in [9.17, 15) is 0 Å². The number of nitrogens with zero attached hydrogens (tertiary/aromatic N) is 2. The van der Waals surface area contributed by atoms with Crippen LogP contribution in [0.2, 0.25) is 0 Å². The zero-order valence-electron chi connectivity index (χ0n) is 18.5. The summed E-state index contributed by atoms with van der Waals surface area (Å²) in [6, 6.07) is 0. The molecule has 0 amide bonds. The lowest BCUT2D eigenvalue weighted by atomic mass is 10.6. The number of carbonyl (C=O) groups is 1. The first-order valence-corrected chi connectivity index (χ1v) is 7.80. The molecule has 3 radical (unpaired) electrons. The third-order valence-corrected chi connectivity index (χ3v) is 0. The van der Waals surface area contributed by atoms with Crippen molar-refractivity contribution in [3.05, 3.63) is 0 Å². The monoisotopic (exact) mass is 403 g/mol. The number of carbonyl (C=O) groups excluding carboxylic acids is 1. The van der Waals surface area contributed by atoms with Crippen LogP contribution in [0.1, 0.15) is 91.5 Å². The summed E-state index contributed by atoms with van der Waals surface area (Å²) >= 11 is 0. The number of rotatable bonds is 0. The summed E-state index contributed by atoms with van der Waals surface area (Å²) in [4.78, 5) is 12.0. The largest absolute Gasteiger partial charge is 0.323 e. The number of hydrogen-bond acceptors (Lipinski definition) is 4. The summed E-state index contributed by atoms with van der Waals surface area (Å²) in [5.74, 6) is 0. The molecule has 0 aromatic carbocycles. The van der Waals surface area contributed by atoms with E-state index < -0.39 is 0 Å². The fraction of sp³-hybridized carbons (Fsp3) is 0.955. The predicted molar refractivity (Wildman–Crippen MR) is 144 cm³/mol. The molecule has 0 aliphatic rings. The minimum Gasteiger partial charge on any atom is -0.323 e. The van der Waals surface area contributed by atoms with Crippen molar-refractivity contribution in [1.29, 1.82) is 0 Å². The number of hydrogen-bond donors (Lipinski definition) is 1. The fourth-order valence-electron chi connectivity index (χ4n) is 0. The van der Waals surface area contributed by atoms with Crippen molar-refractivity contribution >= 4 is 15.2 Å². The molecule has 0 atom stereocenters. The maximum Gasteiger partial charge on any atom is 0.106 e. The Labute approximate surface area is 183 Å². The van der Waals surface area contributed by atoms with Gasteiger partial charge in [0.2, 0.25) is 0 Å². The minimum absolute atomic E-state index is 0. The molecule has 0 bridgehead atoms. The summed E-state index contributed by atoms with van der Waals surface area (Å²) in [6.45, 7) is 14.5. The highest BCUT2D eigenvalue weighted by molar-refractivity contribution is 5.75. The van der Waals surface area contributed by atoms with E-state index in [0.717, 1.165) is 0 Å². The SMILES string of the molecule is C.C.C.C.C.C=O.CC.CCC.CCC.CN(C)C.CN(C)C.CNC.[B]. The van der Waals surface area contributed by atoms with Gasteiger partial charge in [0.05, 0.1) is 0 Å². The van der Waals surface area contributed by atoms with Crippen molar-refractivity contribution in [3.8, 4) is 0 Å². The quantitative estimate of drug-likeness (QED) is 0.459. The topological polar surface area (TPSA) is 35.6 Å². The Morgan fingerprint density at radius 3 is 0.593 bits per heavy atom. The minimum atomic E-state index is 0. The highest BCUT2D eigenvalue weighted by Crippen LogP contribution is 1.56. The summed E-state index contributed by atoms with van der Waals surface area (Å²) in [6.07, 6.45) is 2.50. The molecular weight excluding hydrogens is 333 g/mol. The van der Waals surface area contributed by atoms with Gasteiger partial charge in [-0.15, -0.1) is 0 Å². The summed E-state index contributed by atoms with van der Waals surface area (Å²) in [5, 5.41) is 2.75. The van der Waals surface area contributed by atoms with Crippen LogP contribution < -0.4 is 5.32 Å². The van der Waals surface area contributed by atoms with Crippen molar-refractivity contribution in [2.45, 2.75) is 91.5 Å². The molecule has 0 spiro atoms. The highest BCUT2D eigenvalue weighted by Gasteiger charge is 1.58. The maximum atomic E-state index is 8.00. The average Bonchev–Trinajstić information content (AvgIpc) is 2.35. The zero-order chi connectivity index (χ0) is 19.3. The van der Waals surface area contributed by atoms with E-state index in [1.165, 1.54) is 12.8 Å². The van der Waals surface area contributed by atoms with Gasteiger partial charge in [0, 0.05) is 8.41 Å². The van der Waals surface area contributed by atoms with Crippen molar-refractivity contribution in [3.63, 3.8) is 0 Å². The third-order valence-electron chi connectivity index (χ3n) is 0. The fourth-order valence-corrected chi connectivity index (χ4v) is 0. The maximum absolute atomic E-state index is 8.00. The standard InChI is InChI=1S/2C3H9N.2C3H8.C2H7N.C2H6.CH2O.5CH4.B/c2*1-4(2)3;3*1-3-2;2*1-2;;;;;;/h2*1-3H3;2*3H2,1-2H3;3H,1-2H3;1-2H3;1H2;5*1H4;. The second-order valence-electron chi connectivity index (χ2n) is 4.60. The van der Waals surface area contributed by atoms with Gasteiger partial charge in [0.15, 0.2) is 0 Å². The Bertz CT molecular complexity index is 71.7. The Morgan fingerprint density at radius 2 is 0.593 bits per heavy atom. The van der Waals surface area contributed by atoms with Crippen LogP contribution in [-0.4, -0.2) is 81.4 Å². The van der Waals surface area contributed by atoms with E-state index >= 15 is 0 Å². The van der Waals surface area contributed by atoms with Crippen LogP contribution in [0.15, 0.2) is 0 Å². The molecule has 0 unspecified atom stereocenters. The molecule has 0 aliphatic carbocycles. The van der Waals surface area contributed by atoms with Gasteiger partial charge in [0.1, 0.15) is 6.79 Å². The Morgan fingerprint density at radius 1 is 0.593 bits per heavy atom. The average molecular weight is 403 g/mol. The molecule has 27 heavy (non-hydrogen) atoms. The third kappa shape index (κ3) is 96300.